The lowest BCUT2D eigenvalue weighted by Gasteiger charge is -2.55. The number of hydrogen-bond donors (Lipinski definition) is 1. The molecule has 1 N–H and O–H groups in total. The highest BCUT2D eigenvalue weighted by molar-refractivity contribution is 5.95. The normalized spacial score (nSPS) is 29.3. The number of aliphatic hydroxyl groups excluding tert-OH is 1. The average molecular weight is 335 g/mol. The van der Waals surface area contributed by atoms with Crippen LogP contribution in [0.1, 0.15) is 36.8 Å². The van der Waals surface area contributed by atoms with E-state index in [0.717, 1.165) is 36.8 Å². The van der Waals surface area contributed by atoms with Gasteiger partial charge in [-0.25, -0.2) is 0 Å². The Bertz CT molecular complexity index is 730. The molecule has 0 bridgehead atoms. The van der Waals surface area contributed by atoms with Crippen LogP contribution < -0.4 is 0 Å². The molecule has 3 nitrogen and oxygen atoms in total. The van der Waals surface area contributed by atoms with Gasteiger partial charge in [0, 0.05) is 19.0 Å². The van der Waals surface area contributed by atoms with Crippen LogP contribution in [-0.4, -0.2) is 28.6 Å². The molecule has 1 heterocycles. The van der Waals surface area contributed by atoms with Gasteiger partial charge in [-0.1, -0.05) is 73.5 Å². The molecule has 2 aromatic carbocycles. The van der Waals surface area contributed by atoms with Crippen molar-refractivity contribution in [3.05, 3.63) is 71.8 Å². The van der Waals surface area contributed by atoms with Crippen LogP contribution in [-0.2, 0) is 16.8 Å². The second-order valence-corrected chi connectivity index (χ2v) is 7.44. The van der Waals surface area contributed by atoms with Gasteiger partial charge in [0.15, 0.2) is 0 Å². The Balaban J connectivity index is 1.63. The number of nitrogens with zero attached hydrogens (tertiary/aromatic N) is 1. The molecule has 2 aromatic rings. The van der Waals surface area contributed by atoms with Crippen molar-refractivity contribution in [1.29, 1.82) is 0 Å². The summed E-state index contributed by atoms with van der Waals surface area (Å²) in [5.41, 5.74) is 1.67. The minimum atomic E-state index is -0.546. The lowest BCUT2D eigenvalue weighted by molar-refractivity contribution is -0.162. The van der Waals surface area contributed by atoms with Crippen LogP contribution >= 0.6 is 0 Å². The molecule has 25 heavy (non-hydrogen) atoms. The van der Waals surface area contributed by atoms with Gasteiger partial charge in [-0.05, 0) is 24.0 Å². The van der Waals surface area contributed by atoms with Gasteiger partial charge in [0.25, 0.3) is 0 Å². The maximum Gasteiger partial charge on any atom is 0.235 e. The van der Waals surface area contributed by atoms with Crippen LogP contribution in [0.2, 0.25) is 0 Å². The standard InChI is InChI=1S/C22H25NO2/c24-20-14-8-7-13-19(20)22(18-11-5-2-6-12-18)16-23(21(22)25)15-17-9-3-1-4-10-17/h1-6,9-12,19-20,24H,7-8,13-16H2/t19-,20-,22+/m0/s1. The Hall–Kier alpha value is -2.13. The van der Waals surface area contributed by atoms with E-state index in [2.05, 4.69) is 24.3 Å². The quantitative estimate of drug-likeness (QED) is 0.869. The van der Waals surface area contributed by atoms with E-state index in [1.807, 2.05) is 41.3 Å². The fraction of sp³-hybridized carbons (Fsp3) is 0.409. The van der Waals surface area contributed by atoms with Gasteiger partial charge in [0.1, 0.15) is 0 Å². The van der Waals surface area contributed by atoms with Crippen molar-refractivity contribution < 1.29 is 9.90 Å². The molecule has 1 saturated heterocycles. The summed E-state index contributed by atoms with van der Waals surface area (Å²) in [7, 11) is 0. The molecule has 130 valence electrons. The largest absolute Gasteiger partial charge is 0.393 e. The minimum absolute atomic E-state index is 0.0307. The molecule has 1 amide bonds. The van der Waals surface area contributed by atoms with E-state index < -0.39 is 5.41 Å². The molecule has 1 aliphatic heterocycles. The first-order chi connectivity index (χ1) is 12.2. The van der Waals surface area contributed by atoms with Crippen LogP contribution in [0.15, 0.2) is 60.7 Å². The molecule has 3 heteroatoms. The van der Waals surface area contributed by atoms with E-state index in [1.54, 1.807) is 0 Å². The molecular weight excluding hydrogens is 310 g/mol. The summed E-state index contributed by atoms with van der Waals surface area (Å²) in [4.78, 5) is 15.3. The van der Waals surface area contributed by atoms with E-state index in [0.29, 0.717) is 13.1 Å². The molecule has 1 aliphatic carbocycles. The second kappa shape index (κ2) is 6.64. The topological polar surface area (TPSA) is 40.5 Å². The molecule has 3 atom stereocenters. The maximum atomic E-state index is 13.3. The summed E-state index contributed by atoms with van der Waals surface area (Å²) in [6.07, 6.45) is 3.52. The van der Waals surface area contributed by atoms with Crippen LogP contribution in [0, 0.1) is 5.92 Å². The second-order valence-electron chi connectivity index (χ2n) is 7.44. The first kappa shape index (κ1) is 16.3. The monoisotopic (exact) mass is 335 g/mol. The Morgan fingerprint density at radius 2 is 1.60 bits per heavy atom. The first-order valence-corrected chi connectivity index (χ1v) is 9.29. The average Bonchev–Trinajstić information content (AvgIpc) is 2.67. The molecule has 0 radical (unpaired) electrons. The van der Waals surface area contributed by atoms with E-state index in [1.165, 1.54) is 0 Å². The Morgan fingerprint density at radius 1 is 0.960 bits per heavy atom. The Morgan fingerprint density at radius 3 is 2.24 bits per heavy atom. The summed E-state index contributed by atoms with van der Waals surface area (Å²) >= 11 is 0. The summed E-state index contributed by atoms with van der Waals surface area (Å²) < 4.78 is 0. The number of aliphatic hydroxyl groups is 1. The number of rotatable bonds is 4. The van der Waals surface area contributed by atoms with E-state index in [-0.39, 0.29) is 17.9 Å². The summed E-state index contributed by atoms with van der Waals surface area (Å²) in [5, 5.41) is 10.7. The number of carbonyl (C=O) groups is 1. The lowest BCUT2D eigenvalue weighted by atomic mass is 9.59. The first-order valence-electron chi connectivity index (χ1n) is 9.29. The highest BCUT2D eigenvalue weighted by Crippen LogP contribution is 2.48. The number of carbonyl (C=O) groups excluding carboxylic acids is 1. The van der Waals surface area contributed by atoms with E-state index in [9.17, 15) is 9.90 Å². The van der Waals surface area contributed by atoms with Crippen molar-refractivity contribution in [3.63, 3.8) is 0 Å². The fourth-order valence-corrected chi connectivity index (χ4v) is 4.69. The molecule has 0 spiro atoms. The fourth-order valence-electron chi connectivity index (χ4n) is 4.69. The van der Waals surface area contributed by atoms with Gasteiger partial charge >= 0.3 is 0 Å². The molecule has 2 aliphatic rings. The van der Waals surface area contributed by atoms with Crippen molar-refractivity contribution >= 4 is 5.91 Å². The molecule has 4 rings (SSSR count). The smallest absolute Gasteiger partial charge is 0.235 e. The van der Waals surface area contributed by atoms with Crippen LogP contribution in [0.5, 0.6) is 0 Å². The van der Waals surface area contributed by atoms with Crippen molar-refractivity contribution in [2.24, 2.45) is 5.92 Å². The zero-order valence-electron chi connectivity index (χ0n) is 14.5. The van der Waals surface area contributed by atoms with Crippen molar-refractivity contribution in [2.45, 2.75) is 43.7 Å². The summed E-state index contributed by atoms with van der Waals surface area (Å²) in [6.45, 7) is 1.35. The molecular formula is C22H25NO2. The van der Waals surface area contributed by atoms with Gasteiger partial charge in [-0.2, -0.15) is 0 Å². The molecule has 2 fully saturated rings. The zero-order chi connectivity index (χ0) is 17.3. The highest BCUT2D eigenvalue weighted by atomic mass is 16.3. The zero-order valence-corrected chi connectivity index (χ0v) is 14.5. The number of hydrogen-bond acceptors (Lipinski definition) is 2. The highest BCUT2D eigenvalue weighted by Gasteiger charge is 2.59. The predicted molar refractivity (Wildman–Crippen MR) is 97.9 cm³/mol. The number of amides is 1. The van der Waals surface area contributed by atoms with Crippen LogP contribution in [0.3, 0.4) is 0 Å². The number of β-lactam (4-membered cyclic amide) rings is 1. The van der Waals surface area contributed by atoms with E-state index in [4.69, 9.17) is 0 Å². The van der Waals surface area contributed by atoms with Gasteiger partial charge in [-0.3, -0.25) is 4.79 Å². The third kappa shape index (κ3) is 2.77. The SMILES string of the molecule is O=C1N(Cc2ccccc2)C[C@@]1(c1ccccc1)[C@H]1CCCC[C@@H]1O. The Labute approximate surface area is 149 Å². The van der Waals surface area contributed by atoms with Crippen molar-refractivity contribution in [1.82, 2.24) is 4.90 Å². The summed E-state index contributed by atoms with van der Waals surface area (Å²) in [6, 6.07) is 20.2. The Kier molecular flexibility index (Phi) is 4.34. The molecule has 0 aromatic heterocycles. The predicted octanol–water partition coefficient (Wildman–Crippen LogP) is 3.52. The summed E-state index contributed by atoms with van der Waals surface area (Å²) in [5.74, 6) is 0.205. The molecule has 0 unspecified atom stereocenters. The minimum Gasteiger partial charge on any atom is -0.393 e. The van der Waals surface area contributed by atoms with Crippen LogP contribution in [0.4, 0.5) is 0 Å². The number of benzene rings is 2. The number of likely N-dealkylation sites (tertiary alicyclic amines) is 1. The van der Waals surface area contributed by atoms with Gasteiger partial charge < -0.3 is 10.0 Å². The molecule has 1 saturated carbocycles. The van der Waals surface area contributed by atoms with E-state index >= 15 is 0 Å². The van der Waals surface area contributed by atoms with Gasteiger partial charge in [0.05, 0.1) is 11.5 Å². The third-order valence-corrected chi connectivity index (χ3v) is 5.98. The van der Waals surface area contributed by atoms with Crippen molar-refractivity contribution in [3.8, 4) is 0 Å². The third-order valence-electron chi connectivity index (χ3n) is 5.98. The van der Waals surface area contributed by atoms with Gasteiger partial charge in [0.2, 0.25) is 5.91 Å². The maximum absolute atomic E-state index is 13.3. The van der Waals surface area contributed by atoms with Crippen molar-refractivity contribution in [2.75, 3.05) is 6.54 Å². The lowest BCUT2D eigenvalue weighted by Crippen LogP contribution is -2.69. The van der Waals surface area contributed by atoms with Crippen LogP contribution in [0.25, 0.3) is 0 Å². The van der Waals surface area contributed by atoms with Gasteiger partial charge in [-0.15, -0.1) is 0 Å².